The van der Waals surface area contributed by atoms with E-state index in [1.54, 1.807) is 11.0 Å². The molecule has 1 aliphatic rings. The minimum Gasteiger partial charge on any atom is -0.507 e. The summed E-state index contributed by atoms with van der Waals surface area (Å²) in [5, 5.41) is 20.5. The number of nitrogens with zero attached hydrogens (tertiary/aromatic N) is 4. The van der Waals surface area contributed by atoms with E-state index < -0.39 is 0 Å². The zero-order valence-corrected chi connectivity index (χ0v) is 16.1. The van der Waals surface area contributed by atoms with Crippen molar-refractivity contribution in [3.8, 4) is 17.0 Å². The summed E-state index contributed by atoms with van der Waals surface area (Å²) < 4.78 is 2.09. The number of aromatic nitrogens is 3. The molecule has 0 saturated carbocycles. The molecular formula is C20H21ClN4O2. The van der Waals surface area contributed by atoms with E-state index in [1.807, 2.05) is 32.3 Å². The standard InChI is InChI=1S/C20H21ClN4O2/c1-12-7-15(21)9-17(26)19(12)16-8-14-5-6-25(20(14)23-22-16)11-13-3-4-18(27)24(2)10-13/h5-9,13,26H,3-4,10-11H2,1-2H3. The smallest absolute Gasteiger partial charge is 0.222 e. The van der Waals surface area contributed by atoms with Gasteiger partial charge in [0, 0.05) is 48.7 Å². The Labute approximate surface area is 162 Å². The van der Waals surface area contributed by atoms with Crippen LogP contribution < -0.4 is 0 Å². The van der Waals surface area contributed by atoms with Gasteiger partial charge in [-0.05, 0) is 49.1 Å². The maximum absolute atomic E-state index is 11.7. The van der Waals surface area contributed by atoms with Gasteiger partial charge < -0.3 is 14.6 Å². The predicted octanol–water partition coefficient (Wildman–Crippen LogP) is 3.63. The van der Waals surface area contributed by atoms with Gasteiger partial charge in [0.15, 0.2) is 5.65 Å². The van der Waals surface area contributed by atoms with Crippen LogP contribution in [0.2, 0.25) is 5.02 Å². The van der Waals surface area contributed by atoms with Crippen molar-refractivity contribution >= 4 is 28.5 Å². The Morgan fingerprint density at radius 3 is 2.85 bits per heavy atom. The fraction of sp³-hybridized carbons (Fsp3) is 0.350. The molecule has 1 unspecified atom stereocenters. The Bertz CT molecular complexity index is 1010. The third kappa shape index (κ3) is 3.37. The van der Waals surface area contributed by atoms with Crippen molar-refractivity contribution in [2.45, 2.75) is 26.3 Å². The van der Waals surface area contributed by atoms with E-state index in [-0.39, 0.29) is 11.7 Å². The second-order valence-corrected chi connectivity index (χ2v) is 7.71. The van der Waals surface area contributed by atoms with Crippen LogP contribution in [0, 0.1) is 12.8 Å². The van der Waals surface area contributed by atoms with Crippen LogP contribution in [0.25, 0.3) is 22.3 Å². The largest absolute Gasteiger partial charge is 0.507 e. The molecule has 1 aromatic carbocycles. The van der Waals surface area contributed by atoms with Crippen molar-refractivity contribution in [2.24, 2.45) is 5.92 Å². The number of amides is 1. The van der Waals surface area contributed by atoms with Gasteiger partial charge in [0.2, 0.25) is 5.91 Å². The van der Waals surface area contributed by atoms with Crippen LogP contribution in [-0.2, 0) is 11.3 Å². The van der Waals surface area contributed by atoms with Gasteiger partial charge in [-0.3, -0.25) is 4.79 Å². The van der Waals surface area contributed by atoms with Crippen molar-refractivity contribution in [1.29, 1.82) is 0 Å². The van der Waals surface area contributed by atoms with Gasteiger partial charge in [0.25, 0.3) is 0 Å². The molecule has 0 aliphatic carbocycles. The zero-order valence-electron chi connectivity index (χ0n) is 15.3. The number of hydrogen-bond donors (Lipinski definition) is 1. The SMILES string of the molecule is Cc1cc(Cl)cc(O)c1-c1cc2ccn(CC3CCC(=O)N(C)C3)c2nn1. The molecule has 2 aromatic heterocycles. The molecule has 4 rings (SSSR count). The predicted molar refractivity (Wildman–Crippen MR) is 105 cm³/mol. The van der Waals surface area contributed by atoms with Crippen LogP contribution in [0.15, 0.2) is 30.5 Å². The lowest BCUT2D eigenvalue weighted by atomic mass is 9.98. The van der Waals surface area contributed by atoms with Crippen LogP contribution >= 0.6 is 11.6 Å². The number of piperidine rings is 1. The monoisotopic (exact) mass is 384 g/mol. The van der Waals surface area contributed by atoms with Crippen molar-refractivity contribution < 1.29 is 9.90 Å². The molecule has 0 radical (unpaired) electrons. The summed E-state index contributed by atoms with van der Waals surface area (Å²) in [7, 11) is 1.86. The Kier molecular flexibility index (Phi) is 4.52. The van der Waals surface area contributed by atoms with E-state index in [0.29, 0.717) is 28.6 Å². The van der Waals surface area contributed by atoms with E-state index in [9.17, 15) is 9.90 Å². The number of phenols is 1. The molecule has 3 heterocycles. The fourth-order valence-electron chi connectivity index (χ4n) is 3.84. The number of rotatable bonds is 3. The minimum absolute atomic E-state index is 0.1000. The van der Waals surface area contributed by atoms with Crippen molar-refractivity contribution in [3.05, 3.63) is 41.0 Å². The van der Waals surface area contributed by atoms with E-state index in [0.717, 1.165) is 36.1 Å². The maximum Gasteiger partial charge on any atom is 0.222 e. The molecule has 6 nitrogen and oxygen atoms in total. The second-order valence-electron chi connectivity index (χ2n) is 7.27. The molecule has 1 amide bonds. The van der Waals surface area contributed by atoms with Crippen LogP contribution in [0.1, 0.15) is 18.4 Å². The zero-order chi connectivity index (χ0) is 19.1. The van der Waals surface area contributed by atoms with Gasteiger partial charge >= 0.3 is 0 Å². The van der Waals surface area contributed by atoms with Crippen molar-refractivity contribution in [3.63, 3.8) is 0 Å². The van der Waals surface area contributed by atoms with Crippen molar-refractivity contribution in [1.82, 2.24) is 19.7 Å². The first-order valence-corrected chi connectivity index (χ1v) is 9.36. The number of halogens is 1. The summed E-state index contributed by atoms with van der Waals surface area (Å²) in [5.74, 6) is 0.724. The van der Waals surface area contributed by atoms with Crippen LogP contribution in [0.4, 0.5) is 0 Å². The summed E-state index contributed by atoms with van der Waals surface area (Å²) in [6, 6.07) is 7.26. The molecule has 1 N–H and O–H groups in total. The van der Waals surface area contributed by atoms with Gasteiger partial charge in [0.1, 0.15) is 5.75 Å². The summed E-state index contributed by atoms with van der Waals surface area (Å²) in [6.07, 6.45) is 3.51. The first-order valence-electron chi connectivity index (χ1n) is 8.98. The Morgan fingerprint density at radius 1 is 1.30 bits per heavy atom. The average Bonchev–Trinajstić information content (AvgIpc) is 2.99. The number of fused-ring (bicyclic) bond motifs is 1. The maximum atomic E-state index is 11.7. The molecule has 7 heteroatoms. The lowest BCUT2D eigenvalue weighted by molar-refractivity contribution is -0.133. The number of carbonyl (C=O) groups excluding carboxylic acids is 1. The molecular weight excluding hydrogens is 364 g/mol. The highest BCUT2D eigenvalue weighted by Crippen LogP contribution is 2.34. The quantitative estimate of drug-likeness (QED) is 0.748. The Morgan fingerprint density at radius 2 is 2.11 bits per heavy atom. The molecule has 3 aromatic rings. The van der Waals surface area contributed by atoms with Crippen LogP contribution in [0.3, 0.4) is 0 Å². The summed E-state index contributed by atoms with van der Waals surface area (Å²) >= 11 is 6.00. The normalized spacial score (nSPS) is 17.7. The molecule has 27 heavy (non-hydrogen) atoms. The van der Waals surface area contributed by atoms with Crippen LogP contribution in [0.5, 0.6) is 5.75 Å². The lowest BCUT2D eigenvalue weighted by Gasteiger charge is -2.29. The summed E-state index contributed by atoms with van der Waals surface area (Å²) in [6.45, 7) is 3.46. The third-order valence-electron chi connectivity index (χ3n) is 5.22. The number of likely N-dealkylation sites (tertiary alicyclic amines) is 1. The van der Waals surface area contributed by atoms with Gasteiger partial charge in [-0.15, -0.1) is 10.2 Å². The molecule has 140 valence electrons. The third-order valence-corrected chi connectivity index (χ3v) is 5.44. The van der Waals surface area contributed by atoms with Crippen LogP contribution in [-0.4, -0.2) is 44.3 Å². The van der Waals surface area contributed by atoms with Crippen molar-refractivity contribution in [2.75, 3.05) is 13.6 Å². The Balaban J connectivity index is 1.64. The highest BCUT2D eigenvalue weighted by atomic mass is 35.5. The highest BCUT2D eigenvalue weighted by Gasteiger charge is 2.23. The topological polar surface area (TPSA) is 71.2 Å². The van der Waals surface area contributed by atoms with E-state index in [1.165, 1.54) is 6.07 Å². The molecule has 0 bridgehead atoms. The number of aromatic hydroxyl groups is 1. The number of aryl methyl sites for hydroxylation is 1. The summed E-state index contributed by atoms with van der Waals surface area (Å²) in [5.41, 5.74) is 2.93. The molecule has 1 fully saturated rings. The number of hydrogen-bond acceptors (Lipinski definition) is 4. The lowest BCUT2D eigenvalue weighted by Crippen LogP contribution is -2.38. The summed E-state index contributed by atoms with van der Waals surface area (Å²) in [4.78, 5) is 13.5. The van der Waals surface area contributed by atoms with Gasteiger partial charge in [-0.25, -0.2) is 0 Å². The molecule has 1 atom stereocenters. The van der Waals surface area contributed by atoms with E-state index >= 15 is 0 Å². The second kappa shape index (κ2) is 6.85. The number of phenolic OH excluding ortho intramolecular Hbond substituents is 1. The highest BCUT2D eigenvalue weighted by molar-refractivity contribution is 6.31. The van der Waals surface area contributed by atoms with Gasteiger partial charge in [-0.1, -0.05) is 11.6 Å². The number of carbonyl (C=O) groups is 1. The fourth-order valence-corrected chi connectivity index (χ4v) is 4.11. The van der Waals surface area contributed by atoms with E-state index in [2.05, 4.69) is 14.8 Å². The minimum atomic E-state index is 0.1000. The first kappa shape index (κ1) is 17.8. The van der Waals surface area contributed by atoms with Gasteiger partial charge in [-0.2, -0.15) is 0 Å². The Hall–Kier alpha value is -2.60. The van der Waals surface area contributed by atoms with E-state index in [4.69, 9.17) is 11.6 Å². The molecule has 1 saturated heterocycles. The molecule has 0 spiro atoms. The first-order chi connectivity index (χ1) is 12.9. The number of benzene rings is 1. The molecule has 1 aliphatic heterocycles. The average molecular weight is 385 g/mol. The van der Waals surface area contributed by atoms with Gasteiger partial charge in [0.05, 0.1) is 5.69 Å².